The first-order chi connectivity index (χ1) is 18.6. The molecule has 1 amide bonds. The van der Waals surface area contributed by atoms with Gasteiger partial charge in [-0.25, -0.2) is 9.78 Å². The molecule has 11 heteroatoms. The van der Waals surface area contributed by atoms with Crippen molar-refractivity contribution in [2.75, 3.05) is 13.1 Å². The number of benzene rings is 2. The van der Waals surface area contributed by atoms with Gasteiger partial charge in [-0.05, 0) is 53.1 Å². The lowest BCUT2D eigenvalue weighted by Crippen LogP contribution is -2.34. The number of aromatic nitrogens is 2. The van der Waals surface area contributed by atoms with Crippen LogP contribution in [0.1, 0.15) is 27.9 Å². The van der Waals surface area contributed by atoms with E-state index in [2.05, 4.69) is 31.1 Å². The van der Waals surface area contributed by atoms with Gasteiger partial charge in [0.25, 0.3) is 0 Å². The van der Waals surface area contributed by atoms with Gasteiger partial charge in [0.1, 0.15) is 5.15 Å². The van der Waals surface area contributed by atoms with Crippen molar-refractivity contribution in [3.8, 4) is 0 Å². The van der Waals surface area contributed by atoms with Crippen molar-refractivity contribution in [2.24, 2.45) is 0 Å². The Labute approximate surface area is 241 Å². The molecule has 0 aliphatic carbocycles. The summed E-state index contributed by atoms with van der Waals surface area (Å²) in [6, 6.07) is 12.9. The Morgan fingerprint density at radius 2 is 1.90 bits per heavy atom. The molecule has 2 aromatic carbocycles. The number of alkyl halides is 3. The highest BCUT2D eigenvalue weighted by molar-refractivity contribution is 9.10. The number of hydrogen-bond acceptors (Lipinski definition) is 3. The molecule has 39 heavy (non-hydrogen) atoms. The zero-order valence-electron chi connectivity index (χ0n) is 20.4. The molecule has 0 unspecified atom stereocenters. The lowest BCUT2D eigenvalue weighted by Gasteiger charge is -2.27. The lowest BCUT2D eigenvalue weighted by atomic mass is 10.0. The third kappa shape index (κ3) is 6.17. The van der Waals surface area contributed by atoms with Crippen LogP contribution in [0.2, 0.25) is 10.2 Å². The number of carbonyl (C=O) groups excluding carboxylic acids is 1. The average molecular weight is 638 g/mol. The Bertz CT molecular complexity index is 1570. The van der Waals surface area contributed by atoms with Gasteiger partial charge in [-0.15, -0.1) is 0 Å². The summed E-state index contributed by atoms with van der Waals surface area (Å²) in [6.07, 6.45) is 1.50. The van der Waals surface area contributed by atoms with E-state index in [1.807, 2.05) is 36.4 Å². The van der Waals surface area contributed by atoms with Gasteiger partial charge in [0.2, 0.25) is 0 Å². The van der Waals surface area contributed by atoms with Crippen molar-refractivity contribution in [1.29, 1.82) is 0 Å². The van der Waals surface area contributed by atoms with E-state index in [4.69, 9.17) is 23.2 Å². The van der Waals surface area contributed by atoms with Gasteiger partial charge in [0.05, 0.1) is 11.1 Å². The second-order valence-electron chi connectivity index (χ2n) is 9.19. The number of amides is 1. The molecular weight excluding hydrogens is 616 g/mol. The summed E-state index contributed by atoms with van der Waals surface area (Å²) in [5, 5.41) is 4.39. The van der Waals surface area contributed by atoms with Crippen LogP contribution in [0.5, 0.6) is 0 Å². The maximum Gasteiger partial charge on any atom is 0.417 e. The molecule has 1 aliphatic heterocycles. The zero-order valence-corrected chi connectivity index (χ0v) is 23.5. The Hall–Kier alpha value is -2.85. The van der Waals surface area contributed by atoms with Crippen LogP contribution in [0.25, 0.3) is 17.0 Å². The van der Waals surface area contributed by atoms with Gasteiger partial charge in [-0.1, -0.05) is 63.4 Å². The summed E-state index contributed by atoms with van der Waals surface area (Å²) < 4.78 is 42.7. The highest BCUT2D eigenvalue weighted by atomic mass is 79.9. The number of nitrogens with one attached hydrogen (secondary N) is 1. The van der Waals surface area contributed by atoms with Gasteiger partial charge in [0, 0.05) is 59.4 Å². The fraction of sp³-hybridized carbons (Fsp3) is 0.214. The van der Waals surface area contributed by atoms with E-state index in [0.717, 1.165) is 22.8 Å². The van der Waals surface area contributed by atoms with Crippen LogP contribution in [0, 0.1) is 0 Å². The fourth-order valence-corrected chi connectivity index (χ4v) is 5.65. The third-order valence-electron chi connectivity index (χ3n) is 6.60. The molecule has 1 aliphatic rings. The van der Waals surface area contributed by atoms with E-state index < -0.39 is 17.8 Å². The van der Waals surface area contributed by atoms with Crippen LogP contribution in [-0.4, -0.2) is 33.6 Å². The van der Waals surface area contributed by atoms with Gasteiger partial charge >= 0.3 is 12.2 Å². The third-order valence-corrected chi connectivity index (χ3v) is 7.72. The van der Waals surface area contributed by atoms with Crippen molar-refractivity contribution < 1.29 is 18.0 Å². The van der Waals surface area contributed by atoms with Crippen LogP contribution in [0.15, 0.2) is 65.3 Å². The summed E-state index contributed by atoms with van der Waals surface area (Å²) in [5.74, 6) is 0. The molecule has 0 saturated heterocycles. The SMILES string of the molecule is O=C(NCc1ccnc(Cl)c1)n1c2c(c3cc(Br)c(C(F)(F)F)cc31)CN(C/C=C/c1ccc(Cl)cc1)CC2. The standard InChI is InChI=1S/C28H22BrCl2F3N4O/c29-23-13-20-21-16-37(10-1-2-17-3-5-19(30)6-4-17)11-8-24(21)38(25(20)14-22(23)28(32,33)34)27(39)36-15-18-7-9-35-26(31)12-18/h1-7,9,12-14H,8,10-11,15-16H2,(H,36,39)/b2-1+. The molecule has 202 valence electrons. The topological polar surface area (TPSA) is 50.2 Å². The van der Waals surface area contributed by atoms with E-state index in [1.165, 1.54) is 16.8 Å². The molecule has 0 fully saturated rings. The van der Waals surface area contributed by atoms with Gasteiger partial charge in [-0.2, -0.15) is 13.2 Å². The first-order valence-electron chi connectivity index (χ1n) is 12.1. The van der Waals surface area contributed by atoms with E-state index in [-0.39, 0.29) is 21.7 Å². The Morgan fingerprint density at radius 3 is 2.62 bits per heavy atom. The molecule has 3 heterocycles. The number of hydrogen-bond donors (Lipinski definition) is 1. The van der Waals surface area contributed by atoms with Gasteiger partial charge in [0.15, 0.2) is 0 Å². The average Bonchev–Trinajstić information content (AvgIpc) is 3.20. The summed E-state index contributed by atoms with van der Waals surface area (Å²) in [4.78, 5) is 19.5. The molecule has 4 aromatic rings. The highest BCUT2D eigenvalue weighted by Gasteiger charge is 2.35. The summed E-state index contributed by atoms with van der Waals surface area (Å²) in [5.41, 5.74) is 2.68. The first-order valence-corrected chi connectivity index (χ1v) is 13.6. The second-order valence-corrected chi connectivity index (χ2v) is 10.9. The van der Waals surface area contributed by atoms with Crippen LogP contribution >= 0.6 is 39.1 Å². The molecule has 1 N–H and O–H groups in total. The highest BCUT2D eigenvalue weighted by Crippen LogP contribution is 2.40. The lowest BCUT2D eigenvalue weighted by molar-refractivity contribution is -0.138. The molecule has 0 bridgehead atoms. The Balaban J connectivity index is 1.46. The van der Waals surface area contributed by atoms with E-state index >= 15 is 0 Å². The minimum atomic E-state index is -4.58. The number of fused-ring (bicyclic) bond motifs is 3. The normalized spacial score (nSPS) is 14.2. The van der Waals surface area contributed by atoms with Crippen molar-refractivity contribution >= 4 is 62.1 Å². The molecule has 2 aromatic heterocycles. The van der Waals surface area contributed by atoms with E-state index in [0.29, 0.717) is 42.2 Å². The van der Waals surface area contributed by atoms with Crippen molar-refractivity contribution in [3.05, 3.63) is 103 Å². The quantitative estimate of drug-likeness (QED) is 0.226. The first kappa shape index (κ1) is 27.7. The van der Waals surface area contributed by atoms with Crippen molar-refractivity contribution in [1.82, 2.24) is 19.8 Å². The zero-order chi connectivity index (χ0) is 27.7. The Kier molecular flexibility index (Phi) is 8.05. The van der Waals surface area contributed by atoms with E-state index in [1.54, 1.807) is 12.1 Å². The minimum Gasteiger partial charge on any atom is -0.333 e. The number of halogens is 6. The smallest absolute Gasteiger partial charge is 0.333 e. The van der Waals surface area contributed by atoms with Crippen molar-refractivity contribution in [2.45, 2.75) is 25.7 Å². The predicted molar refractivity (Wildman–Crippen MR) is 151 cm³/mol. The van der Waals surface area contributed by atoms with Crippen LogP contribution in [0.3, 0.4) is 0 Å². The number of carbonyl (C=O) groups is 1. The predicted octanol–water partition coefficient (Wildman–Crippen LogP) is 7.95. The molecule has 0 spiro atoms. The monoisotopic (exact) mass is 636 g/mol. The summed E-state index contributed by atoms with van der Waals surface area (Å²) in [6.45, 7) is 1.94. The number of rotatable bonds is 5. The summed E-state index contributed by atoms with van der Waals surface area (Å²) >= 11 is 15.0. The van der Waals surface area contributed by atoms with Gasteiger partial charge in [-0.3, -0.25) is 9.47 Å². The van der Waals surface area contributed by atoms with E-state index in [9.17, 15) is 18.0 Å². The second kappa shape index (κ2) is 11.3. The van der Waals surface area contributed by atoms with Crippen molar-refractivity contribution in [3.63, 3.8) is 0 Å². The molecule has 0 atom stereocenters. The molecular formula is C28H22BrCl2F3N4O. The largest absolute Gasteiger partial charge is 0.417 e. The minimum absolute atomic E-state index is 0.0611. The number of pyridine rings is 1. The van der Waals surface area contributed by atoms with Crippen LogP contribution < -0.4 is 5.32 Å². The van der Waals surface area contributed by atoms with Gasteiger partial charge < -0.3 is 5.32 Å². The Morgan fingerprint density at radius 1 is 1.13 bits per heavy atom. The molecule has 5 rings (SSSR count). The maximum atomic E-state index is 13.8. The fourth-order valence-electron chi connectivity index (χ4n) is 4.76. The van der Waals surface area contributed by atoms with Crippen LogP contribution in [0.4, 0.5) is 18.0 Å². The molecule has 0 radical (unpaired) electrons. The molecule has 0 saturated carbocycles. The van der Waals surface area contributed by atoms with Crippen LogP contribution in [-0.2, 0) is 25.7 Å². The molecule has 5 nitrogen and oxygen atoms in total. The number of nitrogens with zero attached hydrogens (tertiary/aromatic N) is 3. The maximum absolute atomic E-state index is 13.8. The summed E-state index contributed by atoms with van der Waals surface area (Å²) in [7, 11) is 0.